The molecule has 5 nitrogen and oxygen atoms in total. The maximum Gasteiger partial charge on any atom is 0.387 e. The van der Waals surface area contributed by atoms with Gasteiger partial charge < -0.3 is 15.4 Å². The number of carbonyl (C=O) groups excluding carboxylic acids is 1. The highest BCUT2D eigenvalue weighted by Gasteiger charge is 2.14. The first-order chi connectivity index (χ1) is 13.3. The first-order valence-corrected chi connectivity index (χ1v) is 9.35. The lowest BCUT2D eigenvalue weighted by Crippen LogP contribution is -2.19. The van der Waals surface area contributed by atoms with Crippen LogP contribution in [0.4, 0.5) is 14.5 Å². The summed E-state index contributed by atoms with van der Waals surface area (Å²) in [5.74, 6) is -0.421. The number of benzene rings is 2. The van der Waals surface area contributed by atoms with Gasteiger partial charge in [0.05, 0.1) is 11.6 Å². The average Bonchev–Trinajstić information content (AvgIpc) is 2.67. The normalized spacial score (nSPS) is 11.6. The van der Waals surface area contributed by atoms with E-state index in [2.05, 4.69) is 37.4 Å². The number of hydrogen-bond acceptors (Lipinski definition) is 4. The molecule has 0 bridgehead atoms. The molecule has 0 spiro atoms. The molecule has 0 heterocycles. The van der Waals surface area contributed by atoms with E-state index in [-0.39, 0.29) is 24.1 Å². The number of nitriles is 1. The van der Waals surface area contributed by atoms with Gasteiger partial charge in [-0.05, 0) is 43.2 Å². The van der Waals surface area contributed by atoms with E-state index < -0.39 is 6.61 Å². The third kappa shape index (κ3) is 5.92. The molecule has 2 aromatic carbocycles. The fourth-order valence-corrected chi connectivity index (χ4v) is 3.05. The van der Waals surface area contributed by atoms with Crippen molar-refractivity contribution in [3.05, 3.63) is 57.6 Å². The summed E-state index contributed by atoms with van der Waals surface area (Å²) >= 11 is 3.36. The lowest BCUT2D eigenvalue weighted by atomic mass is 10.00. The summed E-state index contributed by atoms with van der Waals surface area (Å²) in [6.07, 6.45) is 0.499. The fraction of sp³-hybridized carbons (Fsp3) is 0.300. The minimum absolute atomic E-state index is 0.0485. The van der Waals surface area contributed by atoms with Crippen LogP contribution < -0.4 is 15.4 Å². The van der Waals surface area contributed by atoms with E-state index in [0.29, 0.717) is 23.2 Å². The van der Waals surface area contributed by atoms with Gasteiger partial charge in [0, 0.05) is 35.2 Å². The van der Waals surface area contributed by atoms with Crippen LogP contribution in [-0.4, -0.2) is 19.6 Å². The van der Waals surface area contributed by atoms with E-state index in [4.69, 9.17) is 5.26 Å². The predicted octanol–water partition coefficient (Wildman–Crippen LogP) is 4.72. The van der Waals surface area contributed by atoms with Crippen LogP contribution in [0, 0.1) is 17.2 Å². The minimum Gasteiger partial charge on any atom is -0.434 e. The largest absolute Gasteiger partial charge is 0.434 e. The number of nitrogens with one attached hydrogen (secondary N) is 2. The topological polar surface area (TPSA) is 74.2 Å². The van der Waals surface area contributed by atoms with Crippen LogP contribution in [-0.2, 0) is 13.0 Å². The number of ether oxygens (including phenoxy) is 1. The van der Waals surface area contributed by atoms with Crippen molar-refractivity contribution < 1.29 is 18.3 Å². The van der Waals surface area contributed by atoms with Gasteiger partial charge in [0.15, 0.2) is 0 Å². The van der Waals surface area contributed by atoms with Crippen molar-refractivity contribution in [3.63, 3.8) is 0 Å². The Bertz CT molecular complexity index is 884. The van der Waals surface area contributed by atoms with Crippen molar-refractivity contribution in [2.45, 2.75) is 26.5 Å². The second kappa shape index (κ2) is 10.0. The smallest absolute Gasteiger partial charge is 0.387 e. The van der Waals surface area contributed by atoms with Gasteiger partial charge >= 0.3 is 6.61 Å². The quantitative estimate of drug-likeness (QED) is 0.608. The molecule has 0 aliphatic rings. The first kappa shape index (κ1) is 21.6. The van der Waals surface area contributed by atoms with Gasteiger partial charge in [-0.3, -0.25) is 4.79 Å². The monoisotopic (exact) mass is 451 g/mol. The molecule has 0 fully saturated rings. The number of carbonyl (C=O) groups is 1. The number of alkyl halides is 2. The van der Waals surface area contributed by atoms with Gasteiger partial charge in [-0.25, -0.2) is 0 Å². The molecule has 0 saturated heterocycles. The van der Waals surface area contributed by atoms with Gasteiger partial charge in [0.2, 0.25) is 0 Å². The molecule has 1 amide bonds. The lowest BCUT2D eigenvalue weighted by Gasteiger charge is -2.16. The van der Waals surface area contributed by atoms with Crippen molar-refractivity contribution in [1.29, 1.82) is 5.26 Å². The Morgan fingerprint density at radius 2 is 2.04 bits per heavy atom. The summed E-state index contributed by atoms with van der Waals surface area (Å²) in [6.45, 7) is -0.995. The van der Waals surface area contributed by atoms with E-state index >= 15 is 0 Å². The molecule has 1 unspecified atom stereocenters. The maximum absolute atomic E-state index is 12.8. The summed E-state index contributed by atoms with van der Waals surface area (Å²) in [6, 6.07) is 12.2. The molecule has 2 N–H and O–H groups in total. The zero-order valence-corrected chi connectivity index (χ0v) is 17.0. The van der Waals surface area contributed by atoms with E-state index in [0.717, 1.165) is 10.0 Å². The van der Waals surface area contributed by atoms with E-state index in [1.165, 1.54) is 13.1 Å². The van der Waals surface area contributed by atoms with Crippen molar-refractivity contribution in [1.82, 2.24) is 5.32 Å². The summed E-state index contributed by atoms with van der Waals surface area (Å²) < 4.78 is 30.9. The fourth-order valence-electron chi connectivity index (χ4n) is 2.69. The zero-order valence-electron chi connectivity index (χ0n) is 15.4. The molecule has 0 aromatic heterocycles. The molecule has 2 rings (SSSR count). The van der Waals surface area contributed by atoms with Crippen LogP contribution in [0.15, 0.2) is 40.9 Å². The Kier molecular flexibility index (Phi) is 7.76. The lowest BCUT2D eigenvalue weighted by molar-refractivity contribution is -0.0504. The molecule has 28 heavy (non-hydrogen) atoms. The number of rotatable bonds is 8. The molecule has 0 radical (unpaired) electrons. The Hall–Kier alpha value is -2.66. The number of amides is 1. The molecule has 8 heteroatoms. The zero-order chi connectivity index (χ0) is 20.7. The Morgan fingerprint density at radius 3 is 2.68 bits per heavy atom. The third-order valence-corrected chi connectivity index (χ3v) is 4.52. The molecule has 148 valence electrons. The molecular weight excluding hydrogens is 432 g/mol. The van der Waals surface area contributed by atoms with E-state index in [1.807, 2.05) is 0 Å². The average molecular weight is 452 g/mol. The minimum atomic E-state index is -2.95. The molecule has 1 atom stereocenters. The van der Waals surface area contributed by atoms with Gasteiger partial charge in [0.1, 0.15) is 5.75 Å². The van der Waals surface area contributed by atoms with E-state index in [1.54, 1.807) is 37.3 Å². The first-order valence-electron chi connectivity index (χ1n) is 8.55. The Labute approximate surface area is 170 Å². The SMILES string of the molecule is CNC(=O)c1ccc(Br)cc1NCc1cc(CC(C)C#N)ccc1OC(F)F. The van der Waals surface area contributed by atoms with Crippen molar-refractivity contribution in [2.24, 2.45) is 5.92 Å². The molecule has 0 aliphatic heterocycles. The highest BCUT2D eigenvalue weighted by atomic mass is 79.9. The predicted molar refractivity (Wildman–Crippen MR) is 106 cm³/mol. The summed E-state index contributed by atoms with van der Waals surface area (Å²) in [4.78, 5) is 12.1. The van der Waals surface area contributed by atoms with Crippen LogP contribution in [0.2, 0.25) is 0 Å². The molecular formula is C20H20BrF2N3O2. The maximum atomic E-state index is 12.8. The molecule has 0 aliphatic carbocycles. The van der Waals surface area contributed by atoms with Crippen molar-refractivity contribution >= 4 is 27.5 Å². The Balaban J connectivity index is 2.31. The second-order valence-corrected chi connectivity index (χ2v) is 7.09. The van der Waals surface area contributed by atoms with Crippen molar-refractivity contribution in [2.75, 3.05) is 12.4 Å². The second-order valence-electron chi connectivity index (χ2n) is 6.18. The van der Waals surface area contributed by atoms with Gasteiger partial charge in [-0.2, -0.15) is 14.0 Å². The van der Waals surface area contributed by atoms with Crippen LogP contribution >= 0.6 is 15.9 Å². The van der Waals surface area contributed by atoms with Gasteiger partial charge in [0.25, 0.3) is 5.91 Å². The number of hydrogen-bond donors (Lipinski definition) is 2. The van der Waals surface area contributed by atoms with Crippen LogP contribution in [0.5, 0.6) is 5.75 Å². The summed E-state index contributed by atoms with van der Waals surface area (Å²) in [5, 5.41) is 14.7. The molecule has 0 saturated carbocycles. The van der Waals surface area contributed by atoms with Crippen LogP contribution in [0.3, 0.4) is 0 Å². The number of nitrogens with zero attached hydrogens (tertiary/aromatic N) is 1. The number of anilines is 1. The van der Waals surface area contributed by atoms with Gasteiger partial charge in [-0.1, -0.05) is 28.1 Å². The van der Waals surface area contributed by atoms with Crippen molar-refractivity contribution in [3.8, 4) is 11.8 Å². The van der Waals surface area contributed by atoms with Crippen LogP contribution in [0.1, 0.15) is 28.4 Å². The van der Waals surface area contributed by atoms with Gasteiger partial charge in [-0.15, -0.1) is 0 Å². The third-order valence-electron chi connectivity index (χ3n) is 4.03. The van der Waals surface area contributed by atoms with Crippen LogP contribution in [0.25, 0.3) is 0 Å². The van der Waals surface area contributed by atoms with E-state index in [9.17, 15) is 13.6 Å². The highest BCUT2D eigenvalue weighted by molar-refractivity contribution is 9.10. The summed E-state index contributed by atoms with van der Waals surface area (Å²) in [5.41, 5.74) is 2.32. The highest BCUT2D eigenvalue weighted by Crippen LogP contribution is 2.27. The molecule has 2 aromatic rings. The standard InChI is InChI=1S/C20H20BrF2N3O2/c1-12(10-24)7-13-3-6-18(28-20(22)23)14(8-13)11-26-17-9-15(21)4-5-16(17)19(27)25-2/h3-6,8-9,12,20,26H,7,11H2,1-2H3,(H,25,27). The Morgan fingerprint density at radius 1 is 1.29 bits per heavy atom. The number of halogens is 3. The summed E-state index contributed by atoms with van der Waals surface area (Å²) in [7, 11) is 1.53.